The SMILES string of the molecule is O=S1(=O)C=CC(NCc2cc(Cl)c3c(c2)OCCO3)C1. The lowest BCUT2D eigenvalue weighted by atomic mass is 10.2. The van der Waals surface area contributed by atoms with Crippen molar-refractivity contribution in [3.63, 3.8) is 0 Å². The van der Waals surface area contributed by atoms with Crippen LogP contribution in [-0.4, -0.2) is 33.4 Å². The predicted octanol–water partition coefficient (Wildman–Crippen LogP) is 1.51. The molecule has 108 valence electrons. The van der Waals surface area contributed by atoms with Crippen LogP contribution < -0.4 is 14.8 Å². The van der Waals surface area contributed by atoms with E-state index in [0.29, 0.717) is 36.3 Å². The summed E-state index contributed by atoms with van der Waals surface area (Å²) >= 11 is 6.15. The van der Waals surface area contributed by atoms with Crippen LogP contribution in [0, 0.1) is 0 Å². The molecular formula is C13H14ClNO4S. The molecule has 7 heteroatoms. The third-order valence-electron chi connectivity index (χ3n) is 3.16. The molecule has 0 radical (unpaired) electrons. The third kappa shape index (κ3) is 2.92. The standard InChI is InChI=1S/C13H14ClNO4S/c14-11-5-9(6-12-13(11)19-3-2-18-12)7-15-10-1-4-20(16,17)8-10/h1,4-6,10,15H,2-3,7-8H2. The van der Waals surface area contributed by atoms with Crippen molar-refractivity contribution < 1.29 is 17.9 Å². The summed E-state index contributed by atoms with van der Waals surface area (Å²) in [6.07, 6.45) is 1.66. The van der Waals surface area contributed by atoms with Crippen molar-refractivity contribution in [1.82, 2.24) is 5.32 Å². The molecule has 0 bridgehead atoms. The van der Waals surface area contributed by atoms with Gasteiger partial charge in [0.05, 0.1) is 10.8 Å². The monoisotopic (exact) mass is 315 g/mol. The Morgan fingerprint density at radius 3 is 2.85 bits per heavy atom. The molecule has 3 rings (SSSR count). The van der Waals surface area contributed by atoms with Crippen molar-refractivity contribution in [2.45, 2.75) is 12.6 Å². The van der Waals surface area contributed by atoms with Gasteiger partial charge in [0.2, 0.25) is 0 Å². The predicted molar refractivity (Wildman–Crippen MR) is 76.0 cm³/mol. The van der Waals surface area contributed by atoms with Gasteiger partial charge in [-0.3, -0.25) is 0 Å². The summed E-state index contributed by atoms with van der Waals surface area (Å²) in [4.78, 5) is 0. The highest BCUT2D eigenvalue weighted by atomic mass is 35.5. The first-order valence-electron chi connectivity index (χ1n) is 6.26. The summed E-state index contributed by atoms with van der Waals surface area (Å²) in [7, 11) is -3.04. The normalized spacial score (nSPS) is 22.9. The summed E-state index contributed by atoms with van der Waals surface area (Å²) in [5.74, 6) is 1.31. The zero-order valence-corrected chi connectivity index (χ0v) is 12.2. The van der Waals surface area contributed by atoms with Crippen LogP contribution in [0.15, 0.2) is 23.6 Å². The molecule has 5 nitrogen and oxygen atoms in total. The second kappa shape index (κ2) is 5.27. The van der Waals surface area contributed by atoms with Crippen molar-refractivity contribution in [2.75, 3.05) is 19.0 Å². The highest BCUT2D eigenvalue weighted by Crippen LogP contribution is 2.38. The van der Waals surface area contributed by atoms with E-state index in [1.165, 1.54) is 5.41 Å². The summed E-state index contributed by atoms with van der Waals surface area (Å²) < 4.78 is 33.6. The minimum Gasteiger partial charge on any atom is -0.486 e. The zero-order valence-electron chi connectivity index (χ0n) is 10.6. The Kier molecular flexibility index (Phi) is 3.62. The Balaban J connectivity index is 1.69. The van der Waals surface area contributed by atoms with Gasteiger partial charge in [-0.1, -0.05) is 17.7 Å². The maximum atomic E-state index is 11.3. The van der Waals surface area contributed by atoms with Crippen LogP contribution in [0.2, 0.25) is 5.02 Å². The van der Waals surface area contributed by atoms with Crippen molar-refractivity contribution in [3.05, 3.63) is 34.2 Å². The van der Waals surface area contributed by atoms with Crippen LogP contribution in [-0.2, 0) is 16.4 Å². The van der Waals surface area contributed by atoms with Crippen LogP contribution in [0.25, 0.3) is 0 Å². The Morgan fingerprint density at radius 1 is 1.30 bits per heavy atom. The molecule has 0 aromatic heterocycles. The first-order valence-corrected chi connectivity index (χ1v) is 8.35. The van der Waals surface area contributed by atoms with Crippen molar-refractivity contribution in [3.8, 4) is 11.5 Å². The number of nitrogens with one attached hydrogen (secondary N) is 1. The molecule has 2 heterocycles. The van der Waals surface area contributed by atoms with Crippen LogP contribution in [0.4, 0.5) is 0 Å². The minimum absolute atomic E-state index is 0.102. The van der Waals surface area contributed by atoms with Crippen LogP contribution in [0.3, 0.4) is 0 Å². The number of hydrogen-bond acceptors (Lipinski definition) is 5. The molecule has 0 saturated carbocycles. The van der Waals surface area contributed by atoms with Crippen molar-refractivity contribution in [2.24, 2.45) is 0 Å². The Labute approximate surface area is 122 Å². The van der Waals surface area contributed by atoms with E-state index in [0.717, 1.165) is 5.56 Å². The van der Waals surface area contributed by atoms with Gasteiger partial charge >= 0.3 is 0 Å². The van der Waals surface area contributed by atoms with Gasteiger partial charge in [0.1, 0.15) is 13.2 Å². The summed E-state index contributed by atoms with van der Waals surface area (Å²) in [5, 5.41) is 4.93. The summed E-state index contributed by atoms with van der Waals surface area (Å²) in [6, 6.07) is 3.50. The molecule has 1 N–H and O–H groups in total. The fraction of sp³-hybridized carbons (Fsp3) is 0.385. The lowest BCUT2D eigenvalue weighted by Crippen LogP contribution is -2.29. The van der Waals surface area contributed by atoms with E-state index in [1.54, 1.807) is 12.1 Å². The molecule has 0 fully saturated rings. The van der Waals surface area contributed by atoms with Gasteiger partial charge in [-0.25, -0.2) is 8.42 Å². The molecule has 2 aliphatic heterocycles. The lowest BCUT2D eigenvalue weighted by Gasteiger charge is -2.20. The Morgan fingerprint density at radius 2 is 2.10 bits per heavy atom. The average molecular weight is 316 g/mol. The van der Waals surface area contributed by atoms with Gasteiger partial charge in [-0.05, 0) is 17.7 Å². The average Bonchev–Trinajstić information content (AvgIpc) is 2.76. The molecule has 1 aromatic carbocycles. The number of ether oxygens (including phenoxy) is 2. The summed E-state index contributed by atoms with van der Waals surface area (Å²) in [6.45, 7) is 1.51. The van der Waals surface area contributed by atoms with E-state index >= 15 is 0 Å². The smallest absolute Gasteiger partial charge is 0.179 e. The van der Waals surface area contributed by atoms with Gasteiger partial charge in [0.25, 0.3) is 0 Å². The topological polar surface area (TPSA) is 64.6 Å². The molecule has 1 atom stereocenters. The number of hydrogen-bond donors (Lipinski definition) is 1. The van der Waals surface area contributed by atoms with Crippen LogP contribution >= 0.6 is 11.6 Å². The number of sulfone groups is 1. The van der Waals surface area contributed by atoms with Crippen molar-refractivity contribution in [1.29, 1.82) is 0 Å². The fourth-order valence-electron chi connectivity index (χ4n) is 2.22. The highest BCUT2D eigenvalue weighted by molar-refractivity contribution is 7.94. The molecule has 0 amide bonds. The van der Waals surface area contributed by atoms with Gasteiger partial charge < -0.3 is 14.8 Å². The molecule has 2 aliphatic rings. The number of fused-ring (bicyclic) bond motifs is 1. The zero-order chi connectivity index (χ0) is 14.2. The van der Waals surface area contributed by atoms with Gasteiger partial charge in [0.15, 0.2) is 21.3 Å². The highest BCUT2D eigenvalue weighted by Gasteiger charge is 2.21. The Bertz CT molecular complexity index is 657. The van der Waals surface area contributed by atoms with E-state index in [-0.39, 0.29) is 11.8 Å². The van der Waals surface area contributed by atoms with Gasteiger partial charge in [-0.15, -0.1) is 0 Å². The maximum absolute atomic E-state index is 11.3. The maximum Gasteiger partial charge on any atom is 0.179 e. The summed E-state index contributed by atoms with van der Waals surface area (Å²) in [5.41, 5.74) is 0.928. The van der Waals surface area contributed by atoms with Gasteiger partial charge in [-0.2, -0.15) is 0 Å². The quantitative estimate of drug-likeness (QED) is 0.916. The molecule has 0 saturated heterocycles. The second-order valence-electron chi connectivity index (χ2n) is 4.75. The van der Waals surface area contributed by atoms with Crippen LogP contribution in [0.5, 0.6) is 11.5 Å². The first-order chi connectivity index (χ1) is 9.53. The molecule has 1 aromatic rings. The number of halogens is 1. The first kappa shape index (κ1) is 13.7. The third-order valence-corrected chi connectivity index (χ3v) is 4.83. The molecule has 1 unspecified atom stereocenters. The molecule has 0 spiro atoms. The number of benzene rings is 1. The lowest BCUT2D eigenvalue weighted by molar-refractivity contribution is 0.171. The van der Waals surface area contributed by atoms with E-state index in [1.807, 2.05) is 6.07 Å². The van der Waals surface area contributed by atoms with Crippen LogP contribution in [0.1, 0.15) is 5.56 Å². The fourth-order valence-corrected chi connectivity index (χ4v) is 3.78. The molecular weight excluding hydrogens is 302 g/mol. The van der Waals surface area contributed by atoms with Crippen molar-refractivity contribution >= 4 is 21.4 Å². The van der Waals surface area contributed by atoms with E-state index < -0.39 is 9.84 Å². The minimum atomic E-state index is -3.04. The van der Waals surface area contributed by atoms with E-state index in [9.17, 15) is 8.42 Å². The van der Waals surface area contributed by atoms with E-state index in [4.69, 9.17) is 21.1 Å². The molecule has 0 aliphatic carbocycles. The van der Waals surface area contributed by atoms with Gasteiger partial charge in [0, 0.05) is 18.0 Å². The largest absolute Gasteiger partial charge is 0.486 e. The second-order valence-corrected chi connectivity index (χ2v) is 7.09. The Hall–Kier alpha value is -1.24. The number of rotatable bonds is 3. The van der Waals surface area contributed by atoms with E-state index in [2.05, 4.69) is 5.32 Å². The molecule has 20 heavy (non-hydrogen) atoms.